The molecule has 1 aromatic heterocycles. The van der Waals surface area contributed by atoms with Crippen LogP contribution in [0.3, 0.4) is 0 Å². The van der Waals surface area contributed by atoms with Crippen molar-refractivity contribution in [3.05, 3.63) is 53.2 Å². The highest BCUT2D eigenvalue weighted by Gasteiger charge is 2.33. The number of piperazine rings is 1. The van der Waals surface area contributed by atoms with Crippen LogP contribution < -0.4 is 10.6 Å². The number of nitrogens with zero attached hydrogens (tertiary/aromatic N) is 4. The van der Waals surface area contributed by atoms with E-state index in [1.807, 2.05) is 18.7 Å². The lowest BCUT2D eigenvalue weighted by Crippen LogP contribution is -2.51. The highest BCUT2D eigenvalue weighted by molar-refractivity contribution is 5.84. The quantitative estimate of drug-likeness (QED) is 0.796. The third kappa shape index (κ3) is 4.71. The summed E-state index contributed by atoms with van der Waals surface area (Å²) in [4.78, 5) is 26.7. The molecular formula is C24H32FN5O. The lowest BCUT2D eigenvalue weighted by Gasteiger charge is -2.38. The number of halogens is 1. The van der Waals surface area contributed by atoms with Gasteiger partial charge in [-0.1, -0.05) is 19.1 Å². The second-order valence-electron chi connectivity index (χ2n) is 9.61. The van der Waals surface area contributed by atoms with Crippen LogP contribution in [0.2, 0.25) is 0 Å². The van der Waals surface area contributed by atoms with E-state index in [1.54, 1.807) is 18.5 Å². The van der Waals surface area contributed by atoms with E-state index in [-0.39, 0.29) is 17.6 Å². The molecule has 2 atom stereocenters. The van der Waals surface area contributed by atoms with Gasteiger partial charge in [-0.3, -0.25) is 4.79 Å². The maximum atomic E-state index is 13.5. The molecule has 0 bridgehead atoms. The Labute approximate surface area is 183 Å². The zero-order valence-electron chi connectivity index (χ0n) is 18.6. The molecule has 4 rings (SSSR count). The minimum absolute atomic E-state index is 0.0612. The molecule has 1 aliphatic carbocycles. The van der Waals surface area contributed by atoms with Gasteiger partial charge in [-0.2, -0.15) is 0 Å². The molecule has 1 aromatic carbocycles. The van der Waals surface area contributed by atoms with Crippen molar-refractivity contribution in [2.24, 2.45) is 5.73 Å². The van der Waals surface area contributed by atoms with Crippen LogP contribution in [0.15, 0.2) is 30.6 Å². The predicted octanol–water partition coefficient (Wildman–Crippen LogP) is 3.23. The summed E-state index contributed by atoms with van der Waals surface area (Å²) < 4.78 is 13.4. The van der Waals surface area contributed by atoms with E-state index >= 15 is 0 Å². The molecule has 1 saturated heterocycles. The minimum atomic E-state index is -0.506. The summed E-state index contributed by atoms with van der Waals surface area (Å²) in [6, 6.07) is 6.22. The van der Waals surface area contributed by atoms with E-state index in [9.17, 15) is 9.18 Å². The largest absolute Gasteiger partial charge is 0.353 e. The van der Waals surface area contributed by atoms with Crippen LogP contribution >= 0.6 is 0 Å². The van der Waals surface area contributed by atoms with Gasteiger partial charge in [0.1, 0.15) is 18.0 Å². The van der Waals surface area contributed by atoms with Gasteiger partial charge in [-0.05, 0) is 56.7 Å². The van der Waals surface area contributed by atoms with Gasteiger partial charge in [0.05, 0.1) is 5.92 Å². The molecule has 31 heavy (non-hydrogen) atoms. The second-order valence-corrected chi connectivity index (χ2v) is 9.61. The monoisotopic (exact) mass is 425 g/mol. The highest BCUT2D eigenvalue weighted by atomic mass is 19.1. The summed E-state index contributed by atoms with van der Waals surface area (Å²) in [6.45, 7) is 8.83. The number of benzene rings is 1. The highest BCUT2D eigenvalue weighted by Crippen LogP contribution is 2.37. The summed E-state index contributed by atoms with van der Waals surface area (Å²) in [5.74, 6) is 0.879. The first-order valence-electron chi connectivity index (χ1n) is 11.1. The lowest BCUT2D eigenvalue weighted by atomic mass is 9.85. The van der Waals surface area contributed by atoms with E-state index in [2.05, 4.69) is 21.8 Å². The Balaban J connectivity index is 1.49. The molecule has 2 heterocycles. The maximum Gasteiger partial charge on any atom is 0.230 e. The van der Waals surface area contributed by atoms with Crippen molar-refractivity contribution in [1.82, 2.24) is 14.9 Å². The molecule has 0 saturated carbocycles. The Morgan fingerprint density at radius 2 is 1.87 bits per heavy atom. The molecule has 0 spiro atoms. The number of hydrogen-bond acceptors (Lipinski definition) is 5. The smallest absolute Gasteiger partial charge is 0.230 e. The van der Waals surface area contributed by atoms with E-state index < -0.39 is 5.54 Å². The predicted molar refractivity (Wildman–Crippen MR) is 120 cm³/mol. The van der Waals surface area contributed by atoms with E-state index in [4.69, 9.17) is 5.73 Å². The molecule has 6 nitrogen and oxygen atoms in total. The van der Waals surface area contributed by atoms with Gasteiger partial charge >= 0.3 is 0 Å². The van der Waals surface area contributed by atoms with Crippen molar-refractivity contribution >= 4 is 11.7 Å². The number of nitrogens with two attached hydrogens (primary N) is 1. The Morgan fingerprint density at radius 1 is 1.19 bits per heavy atom. The summed E-state index contributed by atoms with van der Waals surface area (Å²) >= 11 is 0. The van der Waals surface area contributed by atoms with Gasteiger partial charge in [-0.15, -0.1) is 0 Å². The standard InChI is InChI=1S/C24H32FN5O/c1-16-4-9-20-21(16)22(28-15-27-20)29-10-12-30(13-11-29)23(31)19(14-24(2,3)26)17-5-7-18(25)8-6-17/h5-8,15-16,19H,4,9-14,26H2,1-3H3. The molecule has 1 amide bonds. The fourth-order valence-corrected chi connectivity index (χ4v) is 4.80. The number of aryl methyl sites for hydroxylation is 1. The average molecular weight is 426 g/mol. The molecule has 166 valence electrons. The van der Waals surface area contributed by atoms with Crippen LogP contribution in [-0.2, 0) is 11.2 Å². The Hall–Kier alpha value is -2.54. The van der Waals surface area contributed by atoms with Gasteiger partial charge in [0.2, 0.25) is 5.91 Å². The Morgan fingerprint density at radius 3 is 2.52 bits per heavy atom. The van der Waals surface area contributed by atoms with Crippen LogP contribution in [0.1, 0.15) is 62.3 Å². The van der Waals surface area contributed by atoms with E-state index in [1.165, 1.54) is 17.7 Å². The Kier molecular flexibility index (Phi) is 5.97. The number of fused-ring (bicyclic) bond motifs is 1. The maximum absolute atomic E-state index is 13.5. The fraction of sp³-hybridized carbons (Fsp3) is 0.542. The molecule has 1 aliphatic heterocycles. The van der Waals surface area contributed by atoms with Crippen LogP contribution in [0.5, 0.6) is 0 Å². The number of aromatic nitrogens is 2. The lowest BCUT2D eigenvalue weighted by molar-refractivity contribution is -0.133. The van der Waals surface area contributed by atoms with E-state index in [0.29, 0.717) is 25.4 Å². The Bertz CT molecular complexity index is 932. The van der Waals surface area contributed by atoms with Crippen LogP contribution in [0.25, 0.3) is 0 Å². The van der Waals surface area contributed by atoms with Crippen molar-refractivity contribution in [2.45, 2.75) is 57.4 Å². The molecule has 2 N–H and O–H groups in total. The summed E-state index contributed by atoms with van der Waals surface area (Å²) in [7, 11) is 0. The first-order chi connectivity index (χ1) is 14.7. The number of rotatable bonds is 5. The van der Waals surface area contributed by atoms with Crippen LogP contribution in [0.4, 0.5) is 10.2 Å². The average Bonchev–Trinajstić information content (AvgIpc) is 3.13. The van der Waals surface area contributed by atoms with Crippen LogP contribution in [0, 0.1) is 5.82 Å². The van der Waals surface area contributed by atoms with Crippen molar-refractivity contribution in [3.63, 3.8) is 0 Å². The van der Waals surface area contributed by atoms with Crippen molar-refractivity contribution in [1.29, 1.82) is 0 Å². The molecule has 7 heteroatoms. The summed E-state index contributed by atoms with van der Waals surface area (Å²) in [6.07, 6.45) is 4.30. The van der Waals surface area contributed by atoms with Gasteiger partial charge in [0, 0.05) is 43.0 Å². The number of anilines is 1. The number of amides is 1. The number of carbonyl (C=O) groups is 1. The van der Waals surface area contributed by atoms with E-state index in [0.717, 1.165) is 43.0 Å². The first-order valence-corrected chi connectivity index (χ1v) is 11.1. The molecule has 2 aliphatic rings. The summed E-state index contributed by atoms with van der Waals surface area (Å²) in [5.41, 5.74) is 9.01. The van der Waals surface area contributed by atoms with Crippen molar-refractivity contribution in [3.8, 4) is 0 Å². The molecule has 0 radical (unpaired) electrons. The van der Waals surface area contributed by atoms with Crippen molar-refractivity contribution in [2.75, 3.05) is 31.1 Å². The number of carbonyl (C=O) groups excluding carboxylic acids is 1. The molecular weight excluding hydrogens is 393 g/mol. The molecule has 1 fully saturated rings. The molecule has 2 unspecified atom stereocenters. The normalized spacial score (nSPS) is 20.0. The fourth-order valence-electron chi connectivity index (χ4n) is 4.80. The third-order valence-electron chi connectivity index (χ3n) is 6.44. The summed E-state index contributed by atoms with van der Waals surface area (Å²) in [5, 5.41) is 0. The van der Waals surface area contributed by atoms with Crippen molar-refractivity contribution < 1.29 is 9.18 Å². The second kappa shape index (κ2) is 8.54. The van der Waals surface area contributed by atoms with Gasteiger partial charge in [0.15, 0.2) is 0 Å². The third-order valence-corrected chi connectivity index (χ3v) is 6.44. The SMILES string of the molecule is CC1CCc2ncnc(N3CCN(C(=O)C(CC(C)(C)N)c4ccc(F)cc4)CC3)c21. The van der Waals surface area contributed by atoms with Gasteiger partial charge in [0.25, 0.3) is 0 Å². The van der Waals surface area contributed by atoms with Crippen LogP contribution in [-0.4, -0.2) is 52.5 Å². The number of hydrogen-bond donors (Lipinski definition) is 1. The zero-order valence-corrected chi connectivity index (χ0v) is 18.6. The topological polar surface area (TPSA) is 75.4 Å². The van der Waals surface area contributed by atoms with Gasteiger partial charge in [-0.25, -0.2) is 14.4 Å². The van der Waals surface area contributed by atoms with Gasteiger partial charge < -0.3 is 15.5 Å². The zero-order chi connectivity index (χ0) is 22.2. The minimum Gasteiger partial charge on any atom is -0.353 e. The first kappa shape index (κ1) is 21.7. The molecule has 2 aromatic rings.